The van der Waals surface area contributed by atoms with Crippen molar-refractivity contribution in [2.45, 2.75) is 13.8 Å². The van der Waals surface area contributed by atoms with Gasteiger partial charge in [-0.1, -0.05) is 19.9 Å². The zero-order valence-electron chi connectivity index (χ0n) is 7.25. The molecule has 0 unspecified atom stereocenters. The van der Waals surface area contributed by atoms with E-state index in [0.29, 0.717) is 0 Å². The van der Waals surface area contributed by atoms with Gasteiger partial charge in [-0.2, -0.15) is 0 Å². The summed E-state index contributed by atoms with van der Waals surface area (Å²) in [4.78, 5) is 10.7. The summed E-state index contributed by atoms with van der Waals surface area (Å²) < 4.78 is 0.830. The largest absolute Gasteiger partial charge is 0.481 e. The van der Waals surface area contributed by atoms with Gasteiger partial charge in [-0.25, -0.2) is 0 Å². The first-order valence-electron chi connectivity index (χ1n) is 3.63. The van der Waals surface area contributed by atoms with Crippen molar-refractivity contribution in [1.82, 2.24) is 0 Å². The van der Waals surface area contributed by atoms with Crippen LogP contribution in [0.2, 0.25) is 0 Å². The first kappa shape index (κ1) is 13.5. The van der Waals surface area contributed by atoms with Crippen LogP contribution in [0.15, 0.2) is 9.47 Å². The Morgan fingerprint density at radius 3 is 2.15 bits per heavy atom. The van der Waals surface area contributed by atoms with Crippen LogP contribution in [0.3, 0.4) is 0 Å². The lowest BCUT2D eigenvalue weighted by atomic mass is 10.1. The van der Waals surface area contributed by atoms with Gasteiger partial charge in [0.2, 0.25) is 0 Å². The Balaban J connectivity index is 0.00000144. The van der Waals surface area contributed by atoms with Gasteiger partial charge >= 0.3 is 5.97 Å². The van der Waals surface area contributed by atoms with E-state index in [4.69, 9.17) is 5.11 Å². The van der Waals surface area contributed by atoms with E-state index in [2.05, 4.69) is 31.9 Å². The van der Waals surface area contributed by atoms with Crippen LogP contribution in [0.5, 0.6) is 0 Å². The van der Waals surface area contributed by atoms with Gasteiger partial charge in [0.05, 0.1) is 9.31 Å². The molecule has 0 bridgehead atoms. The molecule has 0 aromatic carbocycles. The molecule has 0 spiro atoms. The van der Waals surface area contributed by atoms with Gasteiger partial charge in [0.1, 0.15) is 0 Å². The fourth-order valence-corrected chi connectivity index (χ4v) is 2.17. The second kappa shape index (κ2) is 4.32. The van der Waals surface area contributed by atoms with Crippen LogP contribution < -0.4 is 0 Å². The molecule has 1 saturated carbocycles. The smallest absolute Gasteiger partial charge is 0.307 e. The van der Waals surface area contributed by atoms with Gasteiger partial charge in [-0.05, 0) is 43.2 Å². The molecule has 1 rings (SSSR count). The lowest BCUT2D eigenvalue weighted by Gasteiger charge is -1.96. The average Bonchev–Trinajstić information content (AvgIpc) is 2.32. The van der Waals surface area contributed by atoms with Crippen LogP contribution in [-0.4, -0.2) is 11.1 Å². The summed E-state index contributed by atoms with van der Waals surface area (Å²) in [7, 11) is 0. The normalized spacial score (nSPS) is 28.6. The number of carbonyl (C=O) groups is 1. The summed E-state index contributed by atoms with van der Waals surface area (Å²) in [5.74, 6) is -0.797. The van der Waals surface area contributed by atoms with Crippen LogP contribution in [0.4, 0.5) is 0 Å². The van der Waals surface area contributed by atoms with Crippen molar-refractivity contribution in [3.63, 3.8) is 0 Å². The highest BCUT2D eigenvalue weighted by Gasteiger charge is 2.60. The molecule has 2 atom stereocenters. The molecule has 76 valence electrons. The van der Waals surface area contributed by atoms with E-state index in [0.717, 1.165) is 3.39 Å². The number of hydrogen-bond acceptors (Lipinski definition) is 1. The van der Waals surface area contributed by atoms with Crippen molar-refractivity contribution in [2.75, 3.05) is 0 Å². The molecular formula is C8H11Br2ClO2. The highest BCUT2D eigenvalue weighted by Crippen LogP contribution is 2.59. The Morgan fingerprint density at radius 1 is 1.46 bits per heavy atom. The van der Waals surface area contributed by atoms with Crippen molar-refractivity contribution < 1.29 is 9.90 Å². The Labute approximate surface area is 100 Å². The van der Waals surface area contributed by atoms with E-state index >= 15 is 0 Å². The number of halogens is 3. The standard InChI is InChI=1S/C8H10Br2O2.ClH/c1-8(2)4(3-5(9)10)6(8)7(11)12;/h3-4,6H,1-2H3,(H,11,12);1H/t4-,6-;/m0./s1. The average molecular weight is 334 g/mol. The molecule has 0 amide bonds. The van der Waals surface area contributed by atoms with Crippen LogP contribution in [0.25, 0.3) is 0 Å². The maximum Gasteiger partial charge on any atom is 0.307 e. The summed E-state index contributed by atoms with van der Waals surface area (Å²) in [6.45, 7) is 3.94. The van der Waals surface area contributed by atoms with E-state index in [1.54, 1.807) is 0 Å². The monoisotopic (exact) mass is 332 g/mol. The third kappa shape index (κ3) is 2.70. The molecular weight excluding hydrogens is 323 g/mol. The SMILES string of the molecule is CC1(C)[C@H](C(=O)O)[C@@H]1C=C(Br)Br.Cl. The van der Waals surface area contributed by atoms with Gasteiger partial charge in [-0.3, -0.25) is 4.79 Å². The number of allylic oxidation sites excluding steroid dienone is 1. The van der Waals surface area contributed by atoms with Gasteiger partial charge in [0, 0.05) is 0 Å². The van der Waals surface area contributed by atoms with Crippen molar-refractivity contribution in [3.05, 3.63) is 9.47 Å². The van der Waals surface area contributed by atoms with Crippen LogP contribution in [0, 0.1) is 17.3 Å². The van der Waals surface area contributed by atoms with Crippen LogP contribution in [-0.2, 0) is 4.79 Å². The number of aliphatic carboxylic acids is 1. The zero-order valence-corrected chi connectivity index (χ0v) is 11.2. The summed E-state index contributed by atoms with van der Waals surface area (Å²) in [6.07, 6.45) is 1.90. The lowest BCUT2D eigenvalue weighted by Crippen LogP contribution is -2.02. The summed E-state index contributed by atoms with van der Waals surface area (Å²) in [5, 5.41) is 8.81. The zero-order chi connectivity index (χ0) is 9.52. The van der Waals surface area contributed by atoms with Crippen molar-refractivity contribution in [3.8, 4) is 0 Å². The quantitative estimate of drug-likeness (QED) is 0.840. The van der Waals surface area contributed by atoms with Gasteiger partial charge < -0.3 is 5.11 Å². The molecule has 0 aromatic heterocycles. The lowest BCUT2D eigenvalue weighted by molar-refractivity contribution is -0.139. The Morgan fingerprint density at radius 2 is 1.92 bits per heavy atom. The van der Waals surface area contributed by atoms with E-state index in [1.807, 2.05) is 19.9 Å². The molecule has 0 radical (unpaired) electrons. The molecule has 1 fully saturated rings. The maximum atomic E-state index is 10.7. The van der Waals surface area contributed by atoms with E-state index in [-0.39, 0.29) is 29.7 Å². The van der Waals surface area contributed by atoms with E-state index < -0.39 is 5.97 Å². The van der Waals surface area contributed by atoms with Crippen LogP contribution >= 0.6 is 44.3 Å². The van der Waals surface area contributed by atoms with Crippen molar-refractivity contribution >= 4 is 50.2 Å². The highest BCUT2D eigenvalue weighted by atomic mass is 79.9. The molecule has 5 heteroatoms. The Bertz CT molecular complexity index is 247. The maximum absolute atomic E-state index is 10.7. The fraction of sp³-hybridized carbons (Fsp3) is 0.625. The summed E-state index contributed by atoms with van der Waals surface area (Å²) in [6, 6.07) is 0. The number of carboxylic acids is 1. The topological polar surface area (TPSA) is 37.3 Å². The van der Waals surface area contributed by atoms with E-state index in [9.17, 15) is 4.79 Å². The second-order valence-corrected chi connectivity index (χ2v) is 6.39. The molecule has 0 heterocycles. The first-order valence-corrected chi connectivity index (χ1v) is 5.21. The Kier molecular flexibility index (Phi) is 4.47. The molecule has 1 N–H and O–H groups in total. The summed E-state index contributed by atoms with van der Waals surface area (Å²) >= 11 is 6.46. The fourth-order valence-electron chi connectivity index (χ4n) is 1.60. The Hall–Kier alpha value is 0.460. The predicted molar refractivity (Wildman–Crippen MR) is 61.6 cm³/mol. The first-order chi connectivity index (χ1) is 5.37. The molecule has 1 aliphatic rings. The van der Waals surface area contributed by atoms with Gasteiger partial charge in [0.25, 0.3) is 0 Å². The van der Waals surface area contributed by atoms with Crippen molar-refractivity contribution in [1.29, 1.82) is 0 Å². The molecule has 0 aromatic rings. The van der Waals surface area contributed by atoms with Gasteiger partial charge in [0.15, 0.2) is 0 Å². The molecule has 13 heavy (non-hydrogen) atoms. The second-order valence-electron chi connectivity index (χ2n) is 3.62. The highest BCUT2D eigenvalue weighted by molar-refractivity contribution is 9.28. The van der Waals surface area contributed by atoms with Crippen molar-refractivity contribution in [2.24, 2.45) is 17.3 Å². The third-order valence-electron chi connectivity index (χ3n) is 2.48. The molecule has 2 nitrogen and oxygen atoms in total. The van der Waals surface area contributed by atoms with Crippen LogP contribution in [0.1, 0.15) is 13.8 Å². The molecule has 0 aliphatic heterocycles. The number of rotatable bonds is 2. The van der Waals surface area contributed by atoms with Gasteiger partial charge in [-0.15, -0.1) is 12.4 Å². The molecule has 0 saturated heterocycles. The number of carboxylic acid groups (broad SMARTS) is 1. The minimum atomic E-state index is -0.706. The minimum Gasteiger partial charge on any atom is -0.481 e. The molecule has 1 aliphatic carbocycles. The minimum absolute atomic E-state index is 0. The predicted octanol–water partition coefficient (Wildman–Crippen LogP) is 3.40. The third-order valence-corrected chi connectivity index (χ3v) is 3.01. The van der Waals surface area contributed by atoms with E-state index in [1.165, 1.54) is 0 Å². The number of hydrogen-bond donors (Lipinski definition) is 1. The summed E-state index contributed by atoms with van der Waals surface area (Å²) in [5.41, 5.74) is -0.0986.